The maximum atomic E-state index is 10.9. The highest BCUT2D eigenvalue weighted by Crippen LogP contribution is 2.32. The average Bonchev–Trinajstić information content (AvgIpc) is 2.74. The van der Waals surface area contributed by atoms with E-state index in [0.29, 0.717) is 13.1 Å². The van der Waals surface area contributed by atoms with Crippen LogP contribution in [0.1, 0.15) is 11.5 Å². The molecule has 0 bridgehead atoms. The summed E-state index contributed by atoms with van der Waals surface area (Å²) in [6.45, 7) is 0.930. The summed E-state index contributed by atoms with van der Waals surface area (Å²) < 4.78 is 0. The van der Waals surface area contributed by atoms with Crippen molar-refractivity contribution >= 4 is 6.09 Å². The molecule has 16 heavy (non-hydrogen) atoms. The number of hydrogen-bond donors (Lipinski definition) is 2. The van der Waals surface area contributed by atoms with Crippen molar-refractivity contribution in [3.05, 3.63) is 35.9 Å². The number of carboxylic acid groups (broad SMARTS) is 1. The van der Waals surface area contributed by atoms with Gasteiger partial charge in [-0.05, 0) is 5.56 Å². The zero-order chi connectivity index (χ0) is 11.5. The first kappa shape index (κ1) is 11.0. The number of aliphatic hydroxyl groups is 1. The van der Waals surface area contributed by atoms with Gasteiger partial charge in [0, 0.05) is 31.5 Å². The van der Waals surface area contributed by atoms with Crippen molar-refractivity contribution in [1.29, 1.82) is 0 Å². The van der Waals surface area contributed by atoms with Gasteiger partial charge < -0.3 is 15.1 Å². The lowest BCUT2D eigenvalue weighted by Gasteiger charge is -2.15. The van der Waals surface area contributed by atoms with Crippen LogP contribution < -0.4 is 0 Å². The number of likely N-dealkylation sites (tertiary alicyclic amines) is 1. The van der Waals surface area contributed by atoms with Crippen molar-refractivity contribution in [2.75, 3.05) is 19.7 Å². The minimum atomic E-state index is -0.906. The molecule has 0 radical (unpaired) electrons. The molecule has 1 amide bonds. The Bertz CT molecular complexity index is 366. The first-order valence-electron chi connectivity index (χ1n) is 5.36. The summed E-state index contributed by atoms with van der Waals surface area (Å²) >= 11 is 0. The second-order valence-corrected chi connectivity index (χ2v) is 4.15. The first-order chi connectivity index (χ1) is 7.72. The van der Waals surface area contributed by atoms with E-state index in [0.717, 1.165) is 5.56 Å². The minimum absolute atomic E-state index is 0.0125. The third kappa shape index (κ3) is 2.02. The van der Waals surface area contributed by atoms with E-state index in [1.165, 1.54) is 4.90 Å². The Hall–Kier alpha value is -1.55. The molecule has 4 heteroatoms. The Morgan fingerprint density at radius 2 is 2.00 bits per heavy atom. The zero-order valence-electron chi connectivity index (χ0n) is 8.91. The van der Waals surface area contributed by atoms with Crippen LogP contribution in [0, 0.1) is 5.92 Å². The van der Waals surface area contributed by atoms with E-state index in [2.05, 4.69) is 0 Å². The van der Waals surface area contributed by atoms with Gasteiger partial charge in [-0.1, -0.05) is 30.3 Å². The van der Waals surface area contributed by atoms with E-state index < -0.39 is 6.09 Å². The molecule has 2 unspecified atom stereocenters. The third-order valence-corrected chi connectivity index (χ3v) is 3.17. The van der Waals surface area contributed by atoms with Gasteiger partial charge in [0.25, 0.3) is 0 Å². The Kier molecular flexibility index (Phi) is 3.10. The van der Waals surface area contributed by atoms with Crippen LogP contribution in [0.2, 0.25) is 0 Å². The summed E-state index contributed by atoms with van der Waals surface area (Å²) in [6.07, 6.45) is -0.906. The number of rotatable bonds is 2. The standard InChI is InChI=1S/C12H15NO3/c14-8-10-6-13(12(15)16)7-11(10)9-4-2-1-3-5-9/h1-5,10-11,14H,6-8H2,(H,15,16). The Balaban J connectivity index is 2.18. The summed E-state index contributed by atoms with van der Waals surface area (Å²) in [5, 5.41) is 18.2. The quantitative estimate of drug-likeness (QED) is 0.793. The summed E-state index contributed by atoms with van der Waals surface area (Å²) in [6, 6.07) is 9.78. The fourth-order valence-electron chi connectivity index (χ4n) is 2.29. The lowest BCUT2D eigenvalue weighted by Crippen LogP contribution is -2.27. The van der Waals surface area contributed by atoms with E-state index in [-0.39, 0.29) is 18.4 Å². The van der Waals surface area contributed by atoms with Crippen LogP contribution in [-0.4, -0.2) is 40.9 Å². The molecule has 2 N–H and O–H groups in total. The van der Waals surface area contributed by atoms with Crippen molar-refractivity contribution in [1.82, 2.24) is 4.90 Å². The lowest BCUT2D eigenvalue weighted by atomic mass is 9.90. The minimum Gasteiger partial charge on any atom is -0.465 e. The third-order valence-electron chi connectivity index (χ3n) is 3.17. The van der Waals surface area contributed by atoms with Gasteiger partial charge in [0.05, 0.1) is 0 Å². The van der Waals surface area contributed by atoms with Crippen molar-refractivity contribution < 1.29 is 15.0 Å². The number of carbonyl (C=O) groups is 1. The summed E-state index contributed by atoms with van der Waals surface area (Å²) in [4.78, 5) is 12.3. The van der Waals surface area contributed by atoms with Gasteiger partial charge in [-0.25, -0.2) is 4.79 Å². The fourth-order valence-corrected chi connectivity index (χ4v) is 2.29. The molecule has 1 fully saturated rings. The maximum absolute atomic E-state index is 10.9. The molecule has 0 aliphatic carbocycles. The predicted octanol–water partition coefficient (Wildman–Crippen LogP) is 1.37. The van der Waals surface area contributed by atoms with Crippen LogP contribution in [0.5, 0.6) is 0 Å². The SMILES string of the molecule is O=C(O)N1CC(CO)C(c2ccccc2)C1. The molecule has 1 saturated heterocycles. The molecular formula is C12H15NO3. The molecule has 1 aliphatic heterocycles. The van der Waals surface area contributed by atoms with Gasteiger partial charge in [-0.15, -0.1) is 0 Å². The summed E-state index contributed by atoms with van der Waals surface area (Å²) in [5.74, 6) is 0.126. The van der Waals surface area contributed by atoms with Crippen molar-refractivity contribution in [3.8, 4) is 0 Å². The van der Waals surface area contributed by atoms with Crippen LogP contribution in [0.4, 0.5) is 4.79 Å². The van der Waals surface area contributed by atoms with Crippen LogP contribution in [-0.2, 0) is 0 Å². The lowest BCUT2D eigenvalue weighted by molar-refractivity contribution is 0.150. The van der Waals surface area contributed by atoms with Gasteiger partial charge in [-0.3, -0.25) is 0 Å². The first-order valence-corrected chi connectivity index (χ1v) is 5.36. The van der Waals surface area contributed by atoms with Gasteiger partial charge in [0.1, 0.15) is 0 Å². The molecule has 1 heterocycles. The monoisotopic (exact) mass is 221 g/mol. The fraction of sp³-hybridized carbons (Fsp3) is 0.417. The smallest absolute Gasteiger partial charge is 0.407 e. The topological polar surface area (TPSA) is 60.8 Å². The van der Waals surface area contributed by atoms with E-state index in [9.17, 15) is 9.90 Å². The van der Waals surface area contributed by atoms with E-state index in [1.807, 2.05) is 30.3 Å². The normalized spacial score (nSPS) is 24.7. The predicted molar refractivity (Wildman–Crippen MR) is 59.4 cm³/mol. The van der Waals surface area contributed by atoms with Crippen LogP contribution >= 0.6 is 0 Å². The maximum Gasteiger partial charge on any atom is 0.407 e. The Morgan fingerprint density at radius 3 is 2.56 bits per heavy atom. The molecule has 0 spiro atoms. The summed E-state index contributed by atoms with van der Waals surface area (Å²) in [5.41, 5.74) is 1.10. The number of hydrogen-bond acceptors (Lipinski definition) is 2. The van der Waals surface area contributed by atoms with E-state index in [4.69, 9.17) is 5.11 Å². The van der Waals surface area contributed by atoms with Crippen molar-refractivity contribution in [2.45, 2.75) is 5.92 Å². The molecule has 1 aromatic rings. The summed E-state index contributed by atoms with van der Waals surface area (Å²) in [7, 11) is 0. The number of nitrogens with zero attached hydrogens (tertiary/aromatic N) is 1. The highest BCUT2D eigenvalue weighted by atomic mass is 16.4. The number of aliphatic hydroxyl groups excluding tert-OH is 1. The number of benzene rings is 1. The van der Waals surface area contributed by atoms with Crippen molar-refractivity contribution in [3.63, 3.8) is 0 Å². The highest BCUT2D eigenvalue weighted by molar-refractivity contribution is 5.65. The molecule has 2 rings (SSSR count). The molecule has 1 aliphatic rings. The molecule has 4 nitrogen and oxygen atoms in total. The molecule has 0 saturated carbocycles. The molecular weight excluding hydrogens is 206 g/mol. The second kappa shape index (κ2) is 4.53. The zero-order valence-corrected chi connectivity index (χ0v) is 8.91. The highest BCUT2D eigenvalue weighted by Gasteiger charge is 2.35. The van der Waals surface area contributed by atoms with Gasteiger partial charge in [-0.2, -0.15) is 0 Å². The molecule has 86 valence electrons. The molecule has 2 atom stereocenters. The van der Waals surface area contributed by atoms with Crippen LogP contribution in [0.25, 0.3) is 0 Å². The van der Waals surface area contributed by atoms with Gasteiger partial charge >= 0.3 is 6.09 Å². The van der Waals surface area contributed by atoms with Gasteiger partial charge in [0.2, 0.25) is 0 Å². The number of amides is 1. The average molecular weight is 221 g/mol. The molecule has 1 aromatic carbocycles. The van der Waals surface area contributed by atoms with Crippen LogP contribution in [0.3, 0.4) is 0 Å². The Labute approximate surface area is 94.1 Å². The molecule has 0 aromatic heterocycles. The second-order valence-electron chi connectivity index (χ2n) is 4.15. The van der Waals surface area contributed by atoms with Crippen LogP contribution in [0.15, 0.2) is 30.3 Å². The van der Waals surface area contributed by atoms with Crippen molar-refractivity contribution in [2.24, 2.45) is 5.92 Å². The van der Waals surface area contributed by atoms with E-state index >= 15 is 0 Å². The largest absolute Gasteiger partial charge is 0.465 e. The van der Waals surface area contributed by atoms with Gasteiger partial charge in [0.15, 0.2) is 0 Å². The van der Waals surface area contributed by atoms with E-state index in [1.54, 1.807) is 0 Å². The Morgan fingerprint density at radius 1 is 1.31 bits per heavy atom.